The number of alkyl halides is 2. The van der Waals surface area contributed by atoms with E-state index in [4.69, 9.17) is 5.11 Å². The van der Waals surface area contributed by atoms with Crippen molar-refractivity contribution < 1.29 is 18.7 Å². The Morgan fingerprint density at radius 2 is 2.31 bits per heavy atom. The predicted octanol–water partition coefficient (Wildman–Crippen LogP) is 2.33. The number of hydrogen-bond donors (Lipinski definition) is 1. The van der Waals surface area contributed by atoms with Crippen molar-refractivity contribution in [2.24, 2.45) is 0 Å². The van der Waals surface area contributed by atoms with Crippen LogP contribution in [-0.2, 0) is 0 Å². The highest BCUT2D eigenvalue weighted by molar-refractivity contribution is 5.86. The summed E-state index contributed by atoms with van der Waals surface area (Å²) in [5.74, 6) is -3.94. The highest BCUT2D eigenvalue weighted by atomic mass is 19.3. The minimum Gasteiger partial charge on any atom is -0.478 e. The van der Waals surface area contributed by atoms with Gasteiger partial charge in [0.2, 0.25) is 0 Å². The molecule has 16 heavy (non-hydrogen) atoms. The Morgan fingerprint density at radius 1 is 1.56 bits per heavy atom. The number of rotatable bonds is 2. The Morgan fingerprint density at radius 3 is 2.88 bits per heavy atom. The third-order valence-electron chi connectivity index (χ3n) is 2.89. The van der Waals surface area contributed by atoms with Gasteiger partial charge in [0, 0.05) is 12.6 Å². The maximum absolute atomic E-state index is 13.6. The van der Waals surface area contributed by atoms with Gasteiger partial charge in [-0.15, -0.1) is 0 Å². The number of hydrogen-bond acceptors (Lipinski definition) is 2. The van der Waals surface area contributed by atoms with Gasteiger partial charge in [0.15, 0.2) is 0 Å². The van der Waals surface area contributed by atoms with E-state index in [1.54, 1.807) is 0 Å². The van der Waals surface area contributed by atoms with E-state index in [1.165, 1.54) is 6.20 Å². The molecule has 1 fully saturated rings. The summed E-state index contributed by atoms with van der Waals surface area (Å²) in [5, 5.41) is 12.4. The van der Waals surface area contributed by atoms with Crippen molar-refractivity contribution in [2.45, 2.75) is 37.6 Å². The summed E-state index contributed by atoms with van der Waals surface area (Å²) in [6.45, 7) is 0. The van der Waals surface area contributed by atoms with E-state index < -0.39 is 17.9 Å². The second kappa shape index (κ2) is 3.84. The van der Waals surface area contributed by atoms with Crippen molar-refractivity contribution in [1.29, 1.82) is 0 Å². The van der Waals surface area contributed by atoms with Crippen molar-refractivity contribution in [1.82, 2.24) is 9.78 Å². The van der Waals surface area contributed by atoms with Crippen LogP contribution in [0, 0.1) is 0 Å². The van der Waals surface area contributed by atoms with Gasteiger partial charge in [-0.2, -0.15) is 5.10 Å². The fraction of sp³-hybridized carbons (Fsp3) is 0.600. The zero-order valence-corrected chi connectivity index (χ0v) is 8.57. The number of carbonyl (C=O) groups is 1. The molecule has 1 atom stereocenters. The maximum Gasteiger partial charge on any atom is 0.338 e. The van der Waals surface area contributed by atoms with Crippen LogP contribution in [-0.4, -0.2) is 26.8 Å². The summed E-state index contributed by atoms with van der Waals surface area (Å²) >= 11 is 0. The van der Waals surface area contributed by atoms with Gasteiger partial charge < -0.3 is 5.11 Å². The molecule has 0 aromatic carbocycles. The fourth-order valence-corrected chi connectivity index (χ4v) is 2.02. The van der Waals surface area contributed by atoms with E-state index in [0.717, 1.165) is 17.3 Å². The third kappa shape index (κ3) is 1.91. The van der Waals surface area contributed by atoms with Crippen LogP contribution in [0.5, 0.6) is 0 Å². The van der Waals surface area contributed by atoms with Gasteiger partial charge in [-0.1, -0.05) is 6.42 Å². The topological polar surface area (TPSA) is 55.1 Å². The molecule has 0 bridgehead atoms. The first-order chi connectivity index (χ1) is 7.50. The average molecular weight is 230 g/mol. The number of aromatic nitrogens is 2. The van der Waals surface area contributed by atoms with Crippen LogP contribution < -0.4 is 0 Å². The Bertz CT molecular complexity index is 403. The van der Waals surface area contributed by atoms with Gasteiger partial charge in [0.1, 0.15) is 6.04 Å². The first-order valence-corrected chi connectivity index (χ1v) is 5.16. The van der Waals surface area contributed by atoms with Crippen LogP contribution in [0.25, 0.3) is 0 Å². The molecule has 0 saturated heterocycles. The molecule has 6 heteroatoms. The Kier molecular flexibility index (Phi) is 2.65. The van der Waals surface area contributed by atoms with Crippen molar-refractivity contribution in [3.63, 3.8) is 0 Å². The molecule has 1 aliphatic carbocycles. The largest absolute Gasteiger partial charge is 0.478 e. The second-order valence-electron chi connectivity index (χ2n) is 4.04. The van der Waals surface area contributed by atoms with Crippen LogP contribution in [0.3, 0.4) is 0 Å². The van der Waals surface area contributed by atoms with Gasteiger partial charge in [-0.05, 0) is 12.8 Å². The van der Waals surface area contributed by atoms with E-state index >= 15 is 0 Å². The molecule has 1 saturated carbocycles. The first-order valence-electron chi connectivity index (χ1n) is 5.16. The zero-order valence-electron chi connectivity index (χ0n) is 8.57. The molecule has 4 nitrogen and oxygen atoms in total. The molecule has 2 rings (SSSR count). The molecule has 1 aliphatic rings. The third-order valence-corrected chi connectivity index (χ3v) is 2.89. The molecular weight excluding hydrogens is 218 g/mol. The second-order valence-corrected chi connectivity index (χ2v) is 4.04. The lowest BCUT2D eigenvalue weighted by molar-refractivity contribution is -0.0818. The van der Waals surface area contributed by atoms with Crippen molar-refractivity contribution >= 4 is 5.97 Å². The maximum atomic E-state index is 13.6. The van der Waals surface area contributed by atoms with Crippen LogP contribution in [0.2, 0.25) is 0 Å². The Labute approximate surface area is 90.9 Å². The summed E-state index contributed by atoms with van der Waals surface area (Å²) < 4.78 is 28.2. The normalized spacial score (nSPS) is 24.2. The van der Waals surface area contributed by atoms with Gasteiger partial charge >= 0.3 is 5.97 Å². The van der Waals surface area contributed by atoms with Gasteiger partial charge in [0.05, 0.1) is 11.8 Å². The van der Waals surface area contributed by atoms with Crippen LogP contribution in [0.1, 0.15) is 42.1 Å². The predicted molar refractivity (Wildman–Crippen MR) is 51.6 cm³/mol. The van der Waals surface area contributed by atoms with E-state index in [9.17, 15) is 13.6 Å². The fourth-order valence-electron chi connectivity index (χ4n) is 2.02. The van der Waals surface area contributed by atoms with E-state index in [2.05, 4.69) is 5.10 Å². The minimum atomic E-state index is -2.79. The highest BCUT2D eigenvalue weighted by Gasteiger charge is 2.43. The minimum absolute atomic E-state index is 0.0543. The van der Waals surface area contributed by atoms with Gasteiger partial charge in [0.25, 0.3) is 5.92 Å². The number of halogens is 2. The Balaban J connectivity index is 2.25. The lowest BCUT2D eigenvalue weighted by atomic mass is 9.92. The van der Waals surface area contributed by atoms with Crippen molar-refractivity contribution in [3.8, 4) is 0 Å². The molecule has 1 N–H and O–H groups in total. The quantitative estimate of drug-likeness (QED) is 0.848. The number of aromatic carboxylic acids is 1. The summed E-state index contributed by atoms with van der Waals surface area (Å²) in [6, 6.07) is -1.01. The summed E-state index contributed by atoms with van der Waals surface area (Å²) in [5.41, 5.74) is -0.0543. The van der Waals surface area contributed by atoms with Crippen LogP contribution in [0.4, 0.5) is 8.78 Å². The molecule has 0 amide bonds. The Hall–Kier alpha value is -1.46. The molecule has 0 aliphatic heterocycles. The van der Waals surface area contributed by atoms with Crippen LogP contribution in [0.15, 0.2) is 12.4 Å². The van der Waals surface area contributed by atoms with Crippen molar-refractivity contribution in [3.05, 3.63) is 18.0 Å². The number of nitrogens with zero attached hydrogens (tertiary/aromatic N) is 2. The van der Waals surface area contributed by atoms with Gasteiger partial charge in [-0.3, -0.25) is 4.68 Å². The van der Waals surface area contributed by atoms with Crippen molar-refractivity contribution in [2.75, 3.05) is 0 Å². The highest BCUT2D eigenvalue weighted by Crippen LogP contribution is 2.41. The SMILES string of the molecule is O=C(O)c1cnn(C2CCCCC2(F)F)c1. The van der Waals surface area contributed by atoms with Crippen LogP contribution >= 0.6 is 0 Å². The summed E-state index contributed by atoms with van der Waals surface area (Å²) in [7, 11) is 0. The lowest BCUT2D eigenvalue weighted by Crippen LogP contribution is -2.34. The molecule has 1 unspecified atom stereocenters. The summed E-state index contributed by atoms with van der Waals surface area (Å²) in [6.07, 6.45) is 3.70. The van der Waals surface area contributed by atoms with E-state index in [1.807, 2.05) is 0 Å². The van der Waals surface area contributed by atoms with E-state index in [-0.39, 0.29) is 12.0 Å². The molecular formula is C10H12F2N2O2. The first kappa shape index (κ1) is 11.0. The standard InChI is InChI=1S/C10H12F2N2O2/c11-10(12)4-2-1-3-8(10)14-6-7(5-13-14)9(15)16/h5-6,8H,1-4H2,(H,15,16). The molecule has 1 aromatic rings. The number of carboxylic acids is 1. The summed E-state index contributed by atoms with van der Waals surface area (Å²) in [4.78, 5) is 10.6. The number of carboxylic acid groups (broad SMARTS) is 1. The smallest absolute Gasteiger partial charge is 0.338 e. The van der Waals surface area contributed by atoms with Gasteiger partial charge in [-0.25, -0.2) is 13.6 Å². The zero-order chi connectivity index (χ0) is 11.8. The molecule has 88 valence electrons. The average Bonchev–Trinajstić information content (AvgIpc) is 2.65. The lowest BCUT2D eigenvalue weighted by Gasteiger charge is -2.31. The molecule has 0 radical (unpaired) electrons. The monoisotopic (exact) mass is 230 g/mol. The molecule has 1 heterocycles. The van der Waals surface area contributed by atoms with E-state index in [0.29, 0.717) is 12.8 Å². The molecule has 1 aromatic heterocycles. The molecule has 0 spiro atoms.